The number of aliphatic carboxylic acids is 1. The monoisotopic (exact) mass is 267 g/mol. The van der Waals surface area contributed by atoms with Gasteiger partial charge in [0.2, 0.25) is 0 Å². The van der Waals surface area contributed by atoms with E-state index in [2.05, 4.69) is 10.3 Å². The quantitative estimate of drug-likeness (QED) is 0.856. The van der Waals surface area contributed by atoms with Crippen LogP contribution in [0.5, 0.6) is 0 Å². The van der Waals surface area contributed by atoms with E-state index in [0.29, 0.717) is 17.3 Å². The molecule has 0 saturated carbocycles. The van der Waals surface area contributed by atoms with Crippen LogP contribution in [-0.2, 0) is 4.79 Å². The molecule has 5 nitrogen and oxygen atoms in total. The zero-order valence-corrected chi connectivity index (χ0v) is 11.0. The Morgan fingerprint density at radius 2 is 2.28 bits per heavy atom. The first-order valence-electron chi connectivity index (χ1n) is 5.41. The molecule has 1 rings (SSSR count). The molecule has 0 bridgehead atoms. The van der Waals surface area contributed by atoms with Crippen LogP contribution in [0, 0.1) is 11.3 Å². The third-order valence-electron chi connectivity index (χ3n) is 2.38. The molecular weight excluding hydrogens is 254 g/mol. The second kappa shape index (κ2) is 5.69. The number of carboxylic acid groups (broad SMARTS) is 1. The number of nitriles is 1. The maximum absolute atomic E-state index is 10.5. The van der Waals surface area contributed by atoms with Gasteiger partial charge in [-0.15, -0.1) is 0 Å². The fourth-order valence-corrected chi connectivity index (χ4v) is 1.57. The fourth-order valence-electron chi connectivity index (χ4n) is 1.42. The summed E-state index contributed by atoms with van der Waals surface area (Å²) >= 11 is 5.78. The molecule has 0 radical (unpaired) electrons. The molecule has 0 atom stereocenters. The molecule has 1 aromatic rings. The van der Waals surface area contributed by atoms with Gasteiger partial charge in [-0.3, -0.25) is 4.79 Å². The Kier molecular flexibility index (Phi) is 4.51. The molecule has 0 fully saturated rings. The maximum atomic E-state index is 10.5. The summed E-state index contributed by atoms with van der Waals surface area (Å²) in [5.41, 5.74) is -0.276. The maximum Gasteiger partial charge on any atom is 0.303 e. The van der Waals surface area contributed by atoms with Gasteiger partial charge >= 0.3 is 5.97 Å². The van der Waals surface area contributed by atoms with Crippen molar-refractivity contribution in [1.29, 1.82) is 5.26 Å². The Bertz CT molecular complexity index is 495. The van der Waals surface area contributed by atoms with Crippen LogP contribution in [0.1, 0.15) is 32.4 Å². The molecule has 0 unspecified atom stereocenters. The molecule has 0 aromatic carbocycles. The molecule has 6 heteroatoms. The standard InChI is InChI=1S/C12H14ClN3O2/c1-12(2,6-5-11(17)18)16-10-4-3-8(13)9(7-14)15-10/h3-4H,5-6H2,1-2H3,(H,15,16)(H,17,18). The number of halogens is 1. The van der Waals surface area contributed by atoms with Crippen LogP contribution < -0.4 is 5.32 Å². The first kappa shape index (κ1) is 14.3. The van der Waals surface area contributed by atoms with E-state index in [0.717, 1.165) is 0 Å². The largest absolute Gasteiger partial charge is 0.481 e. The topological polar surface area (TPSA) is 86.0 Å². The number of pyridine rings is 1. The molecular formula is C12H14ClN3O2. The summed E-state index contributed by atoms with van der Waals surface area (Å²) in [7, 11) is 0. The van der Waals surface area contributed by atoms with Crippen LogP contribution in [-0.4, -0.2) is 21.6 Å². The zero-order valence-electron chi connectivity index (χ0n) is 10.2. The number of rotatable bonds is 5. The summed E-state index contributed by atoms with van der Waals surface area (Å²) in [4.78, 5) is 14.6. The molecule has 0 aliphatic heterocycles. The van der Waals surface area contributed by atoms with Crippen LogP contribution in [0.15, 0.2) is 12.1 Å². The summed E-state index contributed by atoms with van der Waals surface area (Å²) in [6, 6.07) is 5.14. The summed E-state index contributed by atoms with van der Waals surface area (Å²) in [6.45, 7) is 3.75. The summed E-state index contributed by atoms with van der Waals surface area (Å²) in [5, 5.41) is 20.9. The second-order valence-electron chi connectivity index (χ2n) is 4.54. The number of carbonyl (C=O) groups is 1. The van der Waals surface area contributed by atoms with E-state index in [4.69, 9.17) is 22.0 Å². The summed E-state index contributed by atoms with van der Waals surface area (Å²) < 4.78 is 0. The number of aromatic nitrogens is 1. The van der Waals surface area contributed by atoms with Crippen molar-refractivity contribution in [3.8, 4) is 6.07 Å². The Hall–Kier alpha value is -1.80. The minimum absolute atomic E-state index is 0.0682. The lowest BCUT2D eigenvalue weighted by Crippen LogP contribution is -2.32. The van der Waals surface area contributed by atoms with Crippen LogP contribution in [0.3, 0.4) is 0 Å². The minimum atomic E-state index is -0.841. The summed E-state index contributed by atoms with van der Waals surface area (Å²) in [5.74, 6) is -0.335. The molecule has 96 valence electrons. The van der Waals surface area contributed by atoms with Crippen LogP contribution in [0.4, 0.5) is 5.82 Å². The van der Waals surface area contributed by atoms with Crippen LogP contribution in [0.2, 0.25) is 5.02 Å². The first-order valence-corrected chi connectivity index (χ1v) is 5.78. The Morgan fingerprint density at radius 3 is 2.83 bits per heavy atom. The van der Waals surface area contributed by atoms with E-state index < -0.39 is 11.5 Å². The van der Waals surface area contributed by atoms with Crippen molar-refractivity contribution in [3.63, 3.8) is 0 Å². The third-order valence-corrected chi connectivity index (χ3v) is 2.69. The van der Waals surface area contributed by atoms with Gasteiger partial charge in [0.25, 0.3) is 0 Å². The summed E-state index contributed by atoms with van der Waals surface area (Å²) in [6.07, 6.45) is 0.521. The Morgan fingerprint density at radius 1 is 1.61 bits per heavy atom. The van der Waals surface area contributed by atoms with Crippen molar-refractivity contribution in [2.24, 2.45) is 0 Å². The zero-order chi connectivity index (χ0) is 13.8. The van der Waals surface area contributed by atoms with Crippen LogP contribution in [0.25, 0.3) is 0 Å². The molecule has 0 aliphatic rings. The lowest BCUT2D eigenvalue weighted by atomic mass is 9.98. The van der Waals surface area contributed by atoms with E-state index in [1.807, 2.05) is 19.9 Å². The number of carboxylic acids is 1. The van der Waals surface area contributed by atoms with E-state index in [1.165, 1.54) is 0 Å². The van der Waals surface area contributed by atoms with Gasteiger partial charge in [0, 0.05) is 12.0 Å². The number of nitrogens with one attached hydrogen (secondary N) is 1. The van der Waals surface area contributed by atoms with Gasteiger partial charge in [-0.2, -0.15) is 5.26 Å². The molecule has 2 N–H and O–H groups in total. The van der Waals surface area contributed by atoms with E-state index in [-0.39, 0.29) is 12.1 Å². The smallest absolute Gasteiger partial charge is 0.303 e. The van der Waals surface area contributed by atoms with Crippen molar-refractivity contribution in [2.75, 3.05) is 5.32 Å². The highest BCUT2D eigenvalue weighted by Crippen LogP contribution is 2.21. The van der Waals surface area contributed by atoms with Gasteiger partial charge in [0.05, 0.1) is 5.02 Å². The van der Waals surface area contributed by atoms with Gasteiger partial charge in [-0.05, 0) is 32.4 Å². The predicted octanol–water partition coefficient (Wildman–Crippen LogP) is 2.66. The molecule has 0 amide bonds. The SMILES string of the molecule is CC(C)(CCC(=O)O)Nc1ccc(Cl)c(C#N)n1. The molecule has 0 aliphatic carbocycles. The lowest BCUT2D eigenvalue weighted by molar-refractivity contribution is -0.137. The van der Waals surface area contributed by atoms with Crippen LogP contribution >= 0.6 is 11.6 Å². The van der Waals surface area contributed by atoms with Crippen molar-refractivity contribution in [1.82, 2.24) is 4.98 Å². The van der Waals surface area contributed by atoms with E-state index in [9.17, 15) is 4.79 Å². The van der Waals surface area contributed by atoms with Gasteiger partial charge in [-0.25, -0.2) is 4.98 Å². The number of anilines is 1. The second-order valence-corrected chi connectivity index (χ2v) is 4.95. The first-order chi connectivity index (χ1) is 8.34. The number of nitrogens with zero attached hydrogens (tertiary/aromatic N) is 2. The van der Waals surface area contributed by atoms with E-state index in [1.54, 1.807) is 12.1 Å². The van der Waals surface area contributed by atoms with Crippen molar-refractivity contribution in [3.05, 3.63) is 22.8 Å². The predicted molar refractivity (Wildman–Crippen MR) is 68.5 cm³/mol. The van der Waals surface area contributed by atoms with Crippen molar-refractivity contribution in [2.45, 2.75) is 32.2 Å². The van der Waals surface area contributed by atoms with Gasteiger partial charge < -0.3 is 10.4 Å². The number of hydrogen-bond acceptors (Lipinski definition) is 4. The minimum Gasteiger partial charge on any atom is -0.481 e. The molecule has 1 heterocycles. The van der Waals surface area contributed by atoms with Crippen molar-refractivity contribution < 1.29 is 9.90 Å². The highest BCUT2D eigenvalue weighted by molar-refractivity contribution is 6.31. The van der Waals surface area contributed by atoms with Crippen molar-refractivity contribution >= 4 is 23.4 Å². The van der Waals surface area contributed by atoms with E-state index >= 15 is 0 Å². The average Bonchev–Trinajstić information content (AvgIpc) is 2.29. The highest BCUT2D eigenvalue weighted by Gasteiger charge is 2.19. The molecule has 0 saturated heterocycles. The van der Waals surface area contributed by atoms with Gasteiger partial charge in [0.1, 0.15) is 11.9 Å². The molecule has 0 spiro atoms. The normalized spacial score (nSPS) is 10.8. The third kappa shape index (κ3) is 4.22. The molecule has 1 aromatic heterocycles. The van der Waals surface area contributed by atoms with Gasteiger partial charge in [0.15, 0.2) is 5.69 Å². The fraction of sp³-hybridized carbons (Fsp3) is 0.417. The van der Waals surface area contributed by atoms with Gasteiger partial charge in [-0.1, -0.05) is 11.6 Å². The Balaban J connectivity index is 2.78. The average molecular weight is 268 g/mol. The Labute approximate surface area is 110 Å². The highest BCUT2D eigenvalue weighted by atomic mass is 35.5. The lowest BCUT2D eigenvalue weighted by Gasteiger charge is -2.26. The molecule has 18 heavy (non-hydrogen) atoms. The number of hydrogen-bond donors (Lipinski definition) is 2.